The Hall–Kier alpha value is -2.47. The second kappa shape index (κ2) is 6.31. The van der Waals surface area contributed by atoms with Gasteiger partial charge in [0.25, 0.3) is 0 Å². The Balaban J connectivity index is 0.00000196. The van der Waals surface area contributed by atoms with E-state index in [4.69, 9.17) is 4.74 Å². The van der Waals surface area contributed by atoms with Crippen LogP contribution < -0.4 is 17.1 Å². The molecule has 32 heavy (non-hydrogen) atoms. The molecule has 1 fully saturated rings. The zero-order valence-corrected chi connectivity index (χ0v) is 18.7. The van der Waals surface area contributed by atoms with Crippen molar-refractivity contribution in [2.45, 2.75) is 49.3 Å². The minimum Gasteiger partial charge on any atom is -1.00 e. The Morgan fingerprint density at radius 3 is 2.91 bits per heavy atom. The number of aromatic amines is 1. The summed E-state index contributed by atoms with van der Waals surface area (Å²) in [5.74, 6) is 0.740. The van der Waals surface area contributed by atoms with E-state index >= 15 is 0 Å². The third-order valence-corrected chi connectivity index (χ3v) is 8.35. The number of phenols is 1. The maximum Gasteiger partial charge on any atom is 0.166 e. The minimum atomic E-state index is -0.977. The van der Waals surface area contributed by atoms with Crippen LogP contribution in [0.2, 0.25) is 0 Å². The first kappa shape index (κ1) is 20.2. The van der Waals surface area contributed by atoms with Gasteiger partial charge >= 0.3 is 0 Å². The lowest BCUT2D eigenvalue weighted by atomic mass is 9.49. The quantitative estimate of drug-likeness (QED) is 0.505. The van der Waals surface area contributed by atoms with E-state index in [2.05, 4.69) is 35.5 Å². The zero-order chi connectivity index (χ0) is 21.1. The van der Waals surface area contributed by atoms with Gasteiger partial charge in [-0.3, -0.25) is 4.90 Å². The van der Waals surface area contributed by atoms with Gasteiger partial charge in [-0.05, 0) is 43.0 Å². The predicted molar refractivity (Wildman–Crippen MR) is 119 cm³/mol. The van der Waals surface area contributed by atoms with Crippen molar-refractivity contribution in [1.29, 1.82) is 0 Å². The Bertz CT molecular complexity index is 1300. The number of H-pyrrole nitrogens is 1. The summed E-state index contributed by atoms with van der Waals surface area (Å²) in [5, 5.41) is 24.5. The number of piperidine rings is 1. The molecule has 0 amide bonds. The van der Waals surface area contributed by atoms with Crippen LogP contribution >= 0.6 is 0 Å². The molecule has 2 aliphatic carbocycles. The zero-order valence-electron chi connectivity index (χ0n) is 18.0. The normalized spacial score (nSPS) is 31.4. The van der Waals surface area contributed by atoms with Crippen molar-refractivity contribution in [2.75, 3.05) is 13.1 Å². The number of rotatable bonds is 2. The van der Waals surface area contributed by atoms with Crippen molar-refractivity contribution < 1.29 is 27.4 Å². The molecule has 0 saturated carbocycles. The summed E-state index contributed by atoms with van der Waals surface area (Å²) in [7, 11) is 0. The van der Waals surface area contributed by atoms with Gasteiger partial charge in [0, 0.05) is 42.0 Å². The van der Waals surface area contributed by atoms with E-state index in [-0.39, 0.29) is 30.3 Å². The van der Waals surface area contributed by atoms with Gasteiger partial charge in [0.05, 0.1) is 16.7 Å². The van der Waals surface area contributed by atoms with Crippen LogP contribution in [0.4, 0.5) is 0 Å². The van der Waals surface area contributed by atoms with Crippen molar-refractivity contribution in [2.24, 2.45) is 0 Å². The lowest BCUT2D eigenvalue weighted by molar-refractivity contribution is -0.170. The molecule has 3 aromatic rings. The number of nitrogens with zero attached hydrogens (tertiary/aromatic N) is 1. The van der Waals surface area contributed by atoms with Crippen molar-refractivity contribution >= 4 is 10.9 Å². The number of para-hydroxylation sites is 1. The number of aliphatic hydroxyl groups is 1. The standard InChI is InChI=1S/C26H26N2O3.ClH/c1-14(2)13-28-10-9-25-21-15-7-8-19(29)23(21)31-24(25)22-17(12-26(25,30)20(28)11-15)16-5-3-4-6-18(16)27-22;/h3-8,20,24,27,29-30H,1,9-13H2,2H3;1H/p-1/t20?,24-,25-,26+;/m0./s1. The van der Waals surface area contributed by atoms with E-state index in [0.29, 0.717) is 12.2 Å². The predicted octanol–water partition coefficient (Wildman–Crippen LogP) is 0.743. The number of benzene rings is 2. The molecule has 2 aliphatic heterocycles. The highest BCUT2D eigenvalue weighted by Crippen LogP contribution is 2.68. The summed E-state index contributed by atoms with van der Waals surface area (Å²) in [6, 6.07) is 12.1. The van der Waals surface area contributed by atoms with E-state index < -0.39 is 11.0 Å². The van der Waals surface area contributed by atoms with Crippen LogP contribution in [0.15, 0.2) is 48.6 Å². The van der Waals surface area contributed by atoms with Gasteiger partial charge in [0.1, 0.15) is 0 Å². The molecule has 0 radical (unpaired) electrons. The van der Waals surface area contributed by atoms with E-state index in [9.17, 15) is 10.2 Å². The lowest BCUT2D eigenvalue weighted by Gasteiger charge is -2.62. The Labute approximate surface area is 193 Å². The molecule has 1 spiro atoms. The van der Waals surface area contributed by atoms with Crippen LogP contribution in [0.25, 0.3) is 10.9 Å². The Morgan fingerprint density at radius 2 is 2.09 bits per heavy atom. The number of ether oxygens (including phenoxy) is 1. The van der Waals surface area contributed by atoms with Crippen molar-refractivity contribution in [1.82, 2.24) is 9.88 Å². The van der Waals surface area contributed by atoms with Gasteiger partial charge in [-0.1, -0.05) is 36.4 Å². The van der Waals surface area contributed by atoms with E-state index in [1.807, 2.05) is 18.2 Å². The number of hydrogen-bond donors (Lipinski definition) is 3. The van der Waals surface area contributed by atoms with Gasteiger partial charge in [-0.15, -0.1) is 0 Å². The first-order valence-electron chi connectivity index (χ1n) is 11.2. The maximum absolute atomic E-state index is 12.7. The fourth-order valence-corrected chi connectivity index (χ4v) is 7.26. The van der Waals surface area contributed by atoms with Gasteiger partial charge in [-0.25, -0.2) is 0 Å². The molecule has 7 rings (SSSR count). The molecule has 3 N–H and O–H groups in total. The van der Waals surface area contributed by atoms with E-state index in [1.165, 1.54) is 5.56 Å². The molecular formula is C26H26ClN2O3-. The molecular weight excluding hydrogens is 424 g/mol. The maximum atomic E-state index is 12.7. The van der Waals surface area contributed by atoms with Crippen molar-refractivity contribution in [3.63, 3.8) is 0 Å². The molecule has 4 atom stereocenters. The molecule has 166 valence electrons. The Morgan fingerprint density at radius 1 is 1.28 bits per heavy atom. The third kappa shape index (κ3) is 2.12. The first-order valence-corrected chi connectivity index (χ1v) is 11.2. The van der Waals surface area contributed by atoms with Crippen LogP contribution in [0.3, 0.4) is 0 Å². The number of phenolic OH excluding ortho intramolecular Hbond substituents is 1. The van der Waals surface area contributed by atoms with Gasteiger partial charge < -0.3 is 32.3 Å². The van der Waals surface area contributed by atoms with Gasteiger partial charge in [0.2, 0.25) is 0 Å². The topological polar surface area (TPSA) is 68.7 Å². The van der Waals surface area contributed by atoms with E-state index in [0.717, 1.165) is 59.2 Å². The van der Waals surface area contributed by atoms with Gasteiger partial charge in [-0.2, -0.15) is 0 Å². The van der Waals surface area contributed by atoms with Gasteiger partial charge in [0.15, 0.2) is 17.6 Å². The van der Waals surface area contributed by atoms with Crippen molar-refractivity contribution in [3.8, 4) is 11.5 Å². The summed E-state index contributed by atoms with van der Waals surface area (Å²) in [5.41, 5.74) is 5.08. The summed E-state index contributed by atoms with van der Waals surface area (Å²) < 4.78 is 6.57. The highest BCUT2D eigenvalue weighted by atomic mass is 35.5. The largest absolute Gasteiger partial charge is 1.00 e. The van der Waals surface area contributed by atoms with Crippen LogP contribution in [0.1, 0.15) is 41.8 Å². The molecule has 5 nitrogen and oxygen atoms in total. The molecule has 2 aromatic carbocycles. The van der Waals surface area contributed by atoms with Crippen LogP contribution in [-0.4, -0.2) is 44.8 Å². The van der Waals surface area contributed by atoms with E-state index in [1.54, 1.807) is 6.07 Å². The molecule has 1 saturated heterocycles. The summed E-state index contributed by atoms with van der Waals surface area (Å²) >= 11 is 0. The second-order valence-electron chi connectivity index (χ2n) is 9.98. The second-order valence-corrected chi connectivity index (χ2v) is 9.98. The van der Waals surface area contributed by atoms with Crippen LogP contribution in [0.5, 0.6) is 11.5 Å². The van der Waals surface area contributed by atoms with Crippen LogP contribution in [0, 0.1) is 0 Å². The summed E-state index contributed by atoms with van der Waals surface area (Å²) in [6.45, 7) is 7.87. The average molecular weight is 450 g/mol. The number of aromatic hydroxyl groups is 1. The highest BCUT2D eigenvalue weighted by Gasteiger charge is 2.72. The molecule has 3 heterocycles. The first-order chi connectivity index (χ1) is 14.9. The third-order valence-electron chi connectivity index (χ3n) is 8.35. The molecule has 2 bridgehead atoms. The number of hydrogen-bond acceptors (Lipinski definition) is 4. The number of nitrogens with one attached hydrogen (secondary N) is 1. The number of likely N-dealkylation sites (tertiary alicyclic amines) is 1. The monoisotopic (exact) mass is 449 g/mol. The molecule has 4 aliphatic rings. The number of halogens is 1. The van der Waals surface area contributed by atoms with Crippen LogP contribution in [-0.2, 0) is 18.3 Å². The number of aromatic nitrogens is 1. The molecule has 1 aromatic heterocycles. The summed E-state index contributed by atoms with van der Waals surface area (Å²) in [4.78, 5) is 6.03. The smallest absolute Gasteiger partial charge is 0.166 e. The minimum absolute atomic E-state index is 0. The van der Waals surface area contributed by atoms with Crippen molar-refractivity contribution in [3.05, 3.63) is 70.9 Å². The lowest BCUT2D eigenvalue weighted by Crippen LogP contribution is -3.00. The number of fused-ring (bicyclic) bond motifs is 4. The average Bonchev–Trinajstić information content (AvgIpc) is 3.27. The molecule has 6 heteroatoms. The highest BCUT2D eigenvalue weighted by molar-refractivity contribution is 5.86. The fourth-order valence-electron chi connectivity index (χ4n) is 7.26. The fraction of sp³-hybridized carbons (Fsp3) is 0.385. The molecule has 1 unspecified atom stereocenters. The SMILES string of the molecule is C=C(C)CN1CC[C@]23c4c5ccc(O)c4O[C@H]2c2[nH]c4ccccc4c2C[C@@]3(O)C1C5.[Cl-]. The summed E-state index contributed by atoms with van der Waals surface area (Å²) in [6.07, 6.45) is 1.79. The Kier molecular flexibility index (Phi) is 3.98.